The largest absolute Gasteiger partial charge is 1.00 e. The van der Waals surface area contributed by atoms with E-state index < -0.39 is 48.5 Å². The quantitative estimate of drug-likeness (QED) is 0.266. The molecule has 3 atom stereocenters. The number of sulfone groups is 1. The van der Waals surface area contributed by atoms with Crippen molar-refractivity contribution in [3.05, 3.63) is 0 Å². The molecule has 0 saturated heterocycles. The van der Waals surface area contributed by atoms with Crippen LogP contribution in [0.5, 0.6) is 0 Å². The summed E-state index contributed by atoms with van der Waals surface area (Å²) in [7, 11) is -7.98. The van der Waals surface area contributed by atoms with Crippen molar-refractivity contribution in [2.45, 2.75) is 30.9 Å². The fourth-order valence-electron chi connectivity index (χ4n) is 2.44. The van der Waals surface area contributed by atoms with Crippen LogP contribution >= 0.6 is 0 Å². The van der Waals surface area contributed by atoms with E-state index in [2.05, 4.69) is 0 Å². The molecule has 0 heterocycles. The fraction of sp³-hybridized carbons (Fsp3) is 0.818. The third-order valence-corrected chi connectivity index (χ3v) is 6.68. The Morgan fingerprint density at radius 1 is 0.952 bits per heavy atom. The second kappa shape index (κ2) is 8.73. The van der Waals surface area contributed by atoms with Crippen molar-refractivity contribution in [3.8, 4) is 0 Å². The third kappa shape index (κ3) is 6.87. The van der Waals surface area contributed by atoms with Gasteiger partial charge in [0.15, 0.2) is 9.84 Å². The van der Waals surface area contributed by atoms with E-state index in [9.17, 15) is 31.0 Å². The van der Waals surface area contributed by atoms with Crippen molar-refractivity contribution in [1.82, 2.24) is 0 Å². The van der Waals surface area contributed by atoms with Gasteiger partial charge in [0.1, 0.15) is 12.6 Å². The van der Waals surface area contributed by atoms with Crippen LogP contribution in [0.1, 0.15) is 25.7 Å². The monoisotopic (exact) mass is 348 g/mol. The third-order valence-electron chi connectivity index (χ3n) is 3.59. The van der Waals surface area contributed by atoms with E-state index >= 15 is 0 Å². The second-order valence-corrected chi connectivity index (χ2v) is 8.94. The Labute approximate surface area is 146 Å². The van der Waals surface area contributed by atoms with Crippen molar-refractivity contribution in [2.24, 2.45) is 11.8 Å². The first-order valence-electron chi connectivity index (χ1n) is 6.25. The van der Waals surface area contributed by atoms with E-state index in [4.69, 9.17) is 0 Å². The van der Waals surface area contributed by atoms with Crippen LogP contribution in [0.2, 0.25) is 0 Å². The SMILES string of the molecule is O=CC1CCC(S(=O)(=O)CCCS(=O)(=O)[O-])CC1C=O.[Na+]. The summed E-state index contributed by atoms with van der Waals surface area (Å²) in [6, 6.07) is 0. The zero-order chi connectivity index (χ0) is 15.4. The zero-order valence-corrected chi connectivity index (χ0v) is 15.4. The van der Waals surface area contributed by atoms with Crippen molar-refractivity contribution < 1.29 is 60.5 Å². The van der Waals surface area contributed by atoms with E-state index in [1.165, 1.54) is 0 Å². The molecule has 0 aliphatic heterocycles. The fourth-order valence-corrected chi connectivity index (χ4v) is 5.02. The van der Waals surface area contributed by atoms with Crippen LogP contribution < -0.4 is 29.6 Å². The van der Waals surface area contributed by atoms with Gasteiger partial charge < -0.3 is 14.1 Å². The molecule has 116 valence electrons. The zero-order valence-electron chi connectivity index (χ0n) is 11.8. The van der Waals surface area contributed by atoms with E-state index in [-0.39, 0.29) is 48.8 Å². The Bertz CT molecular complexity index is 555. The number of rotatable bonds is 7. The first-order chi connectivity index (χ1) is 9.19. The van der Waals surface area contributed by atoms with Gasteiger partial charge in [0.2, 0.25) is 0 Å². The Morgan fingerprint density at radius 3 is 2.00 bits per heavy atom. The summed E-state index contributed by atoms with van der Waals surface area (Å²) in [5.41, 5.74) is 0. The maximum absolute atomic E-state index is 12.0. The maximum Gasteiger partial charge on any atom is 1.00 e. The molecule has 0 aromatic heterocycles. The molecule has 0 spiro atoms. The second-order valence-electron chi connectivity index (χ2n) is 5.02. The van der Waals surface area contributed by atoms with Gasteiger partial charge in [-0.1, -0.05) is 0 Å². The molecule has 1 saturated carbocycles. The minimum atomic E-state index is -4.42. The summed E-state index contributed by atoms with van der Waals surface area (Å²) >= 11 is 0. The van der Waals surface area contributed by atoms with E-state index in [1.807, 2.05) is 0 Å². The van der Waals surface area contributed by atoms with Crippen molar-refractivity contribution in [1.29, 1.82) is 0 Å². The van der Waals surface area contributed by atoms with Crippen molar-refractivity contribution in [2.75, 3.05) is 11.5 Å². The van der Waals surface area contributed by atoms with Crippen LogP contribution in [-0.4, -0.2) is 50.7 Å². The van der Waals surface area contributed by atoms with Gasteiger partial charge >= 0.3 is 29.6 Å². The van der Waals surface area contributed by atoms with E-state index in [1.54, 1.807) is 0 Å². The minimum Gasteiger partial charge on any atom is -0.748 e. The summed E-state index contributed by atoms with van der Waals surface area (Å²) in [4.78, 5) is 21.6. The number of hydrogen-bond donors (Lipinski definition) is 0. The molecule has 0 amide bonds. The molecular weight excluding hydrogens is 331 g/mol. The Kier molecular flexibility index (Phi) is 8.82. The first-order valence-corrected chi connectivity index (χ1v) is 9.54. The van der Waals surface area contributed by atoms with Crippen molar-refractivity contribution in [3.63, 3.8) is 0 Å². The molecule has 21 heavy (non-hydrogen) atoms. The number of carbonyl (C=O) groups excluding carboxylic acids is 2. The summed E-state index contributed by atoms with van der Waals surface area (Å²) < 4.78 is 55.4. The Morgan fingerprint density at radius 2 is 1.52 bits per heavy atom. The average molecular weight is 348 g/mol. The van der Waals surface area contributed by atoms with Gasteiger partial charge in [0.05, 0.1) is 21.1 Å². The molecule has 0 N–H and O–H groups in total. The normalized spacial score (nSPS) is 26.6. The van der Waals surface area contributed by atoms with E-state index in [0.29, 0.717) is 19.0 Å². The molecule has 7 nitrogen and oxygen atoms in total. The van der Waals surface area contributed by atoms with Gasteiger partial charge in [-0.2, -0.15) is 0 Å². The summed E-state index contributed by atoms with van der Waals surface area (Å²) in [6.45, 7) is 0. The molecule has 3 unspecified atom stereocenters. The molecule has 0 aromatic carbocycles. The van der Waals surface area contributed by atoms with Crippen LogP contribution in [0.4, 0.5) is 0 Å². The predicted octanol–water partition coefficient (Wildman–Crippen LogP) is -3.48. The Balaban J connectivity index is 0.00000400. The van der Waals surface area contributed by atoms with Gasteiger partial charge in [-0.15, -0.1) is 0 Å². The molecule has 10 heteroatoms. The van der Waals surface area contributed by atoms with Gasteiger partial charge in [0, 0.05) is 17.6 Å². The minimum absolute atomic E-state index is 0. The molecule has 0 bridgehead atoms. The smallest absolute Gasteiger partial charge is 0.748 e. The van der Waals surface area contributed by atoms with Gasteiger partial charge in [0.25, 0.3) is 0 Å². The summed E-state index contributed by atoms with van der Waals surface area (Å²) in [6.07, 6.45) is 1.72. The molecule has 1 fully saturated rings. The molecule has 1 aliphatic rings. The van der Waals surface area contributed by atoms with Gasteiger partial charge in [-0.25, -0.2) is 16.8 Å². The van der Waals surface area contributed by atoms with Crippen LogP contribution in [0.3, 0.4) is 0 Å². The summed E-state index contributed by atoms with van der Waals surface area (Å²) in [5.74, 6) is -2.16. The first kappa shape index (κ1) is 21.2. The molecule has 1 aliphatic carbocycles. The van der Waals surface area contributed by atoms with Crippen LogP contribution in [0.15, 0.2) is 0 Å². The molecule has 0 aromatic rings. The van der Waals surface area contributed by atoms with E-state index in [0.717, 1.165) is 0 Å². The van der Waals surface area contributed by atoms with Crippen LogP contribution in [0.25, 0.3) is 0 Å². The maximum atomic E-state index is 12.0. The summed E-state index contributed by atoms with van der Waals surface area (Å²) in [5, 5.41) is -0.747. The molecule has 1 rings (SSSR count). The van der Waals surface area contributed by atoms with Crippen LogP contribution in [0, 0.1) is 11.8 Å². The number of aldehydes is 2. The van der Waals surface area contributed by atoms with Crippen molar-refractivity contribution >= 4 is 32.5 Å². The molecule has 0 radical (unpaired) electrons. The number of hydrogen-bond acceptors (Lipinski definition) is 7. The number of carbonyl (C=O) groups is 2. The topological polar surface area (TPSA) is 125 Å². The Hall–Kier alpha value is 0.200. The standard InChI is InChI=1S/C11H18O7S2.Na/c12-7-9-2-3-11(6-10(9)8-13)19(14,15)4-1-5-20(16,17)18;/h7-11H,1-6H2,(H,16,17,18);/q;+1/p-1. The van der Waals surface area contributed by atoms with Gasteiger partial charge in [-0.3, -0.25) is 0 Å². The molecular formula is C11H17NaO7S2. The average Bonchev–Trinajstić information content (AvgIpc) is 2.36. The van der Waals surface area contributed by atoms with Crippen LogP contribution in [-0.2, 0) is 29.5 Å². The van der Waals surface area contributed by atoms with Gasteiger partial charge in [-0.05, 0) is 25.7 Å². The predicted molar refractivity (Wildman–Crippen MR) is 69.7 cm³/mol.